The molecule has 0 saturated heterocycles. The molecule has 5 heteroatoms. The van der Waals surface area contributed by atoms with E-state index in [0.717, 1.165) is 50.2 Å². The van der Waals surface area contributed by atoms with Gasteiger partial charge in [0, 0.05) is 31.5 Å². The molecule has 2 heterocycles. The van der Waals surface area contributed by atoms with Gasteiger partial charge in [0.2, 0.25) is 0 Å². The van der Waals surface area contributed by atoms with E-state index in [-0.39, 0.29) is 11.9 Å². The van der Waals surface area contributed by atoms with Crippen molar-refractivity contribution < 1.29 is 9.53 Å². The van der Waals surface area contributed by atoms with Crippen molar-refractivity contribution in [2.75, 3.05) is 7.11 Å². The SMILES string of the molecule is COC(=O)[C@H]1CC[C@H](N(Cc2ncc(C)cc2C)Cc2ncccc2C(C)C)CC1. The number of aryl methyl sites for hydroxylation is 2. The second-order valence-electron chi connectivity index (χ2n) is 8.90. The van der Waals surface area contributed by atoms with Gasteiger partial charge in [0.1, 0.15) is 0 Å². The van der Waals surface area contributed by atoms with Gasteiger partial charge in [-0.3, -0.25) is 19.7 Å². The lowest BCUT2D eigenvalue weighted by Crippen LogP contribution is -2.39. The molecule has 5 nitrogen and oxygen atoms in total. The third kappa shape index (κ3) is 5.45. The summed E-state index contributed by atoms with van der Waals surface area (Å²) in [6.07, 6.45) is 7.60. The van der Waals surface area contributed by atoms with Crippen molar-refractivity contribution in [1.82, 2.24) is 14.9 Å². The van der Waals surface area contributed by atoms with E-state index >= 15 is 0 Å². The number of esters is 1. The molecular weight excluding hydrogens is 374 g/mol. The summed E-state index contributed by atoms with van der Waals surface area (Å²) in [5.74, 6) is 0.404. The van der Waals surface area contributed by atoms with Crippen molar-refractivity contribution in [3.05, 3.63) is 58.7 Å². The van der Waals surface area contributed by atoms with Crippen LogP contribution in [0.4, 0.5) is 0 Å². The highest BCUT2D eigenvalue weighted by molar-refractivity contribution is 5.72. The summed E-state index contributed by atoms with van der Waals surface area (Å²) in [4.78, 5) is 24.0. The highest BCUT2D eigenvalue weighted by Gasteiger charge is 2.31. The summed E-state index contributed by atoms with van der Waals surface area (Å²) in [5.41, 5.74) is 5.99. The van der Waals surface area contributed by atoms with E-state index in [1.165, 1.54) is 23.8 Å². The third-order valence-electron chi connectivity index (χ3n) is 6.32. The number of nitrogens with zero attached hydrogens (tertiary/aromatic N) is 3. The van der Waals surface area contributed by atoms with Crippen LogP contribution in [0.1, 0.15) is 73.5 Å². The molecule has 162 valence electrons. The molecule has 3 rings (SSSR count). The maximum atomic E-state index is 12.0. The van der Waals surface area contributed by atoms with E-state index in [1.807, 2.05) is 18.5 Å². The number of ether oxygens (including phenoxy) is 1. The molecule has 1 aliphatic carbocycles. The molecule has 0 amide bonds. The number of hydrogen-bond acceptors (Lipinski definition) is 5. The van der Waals surface area contributed by atoms with E-state index in [4.69, 9.17) is 14.7 Å². The second-order valence-corrected chi connectivity index (χ2v) is 8.90. The van der Waals surface area contributed by atoms with Crippen LogP contribution < -0.4 is 0 Å². The molecule has 0 aromatic carbocycles. The van der Waals surface area contributed by atoms with Crippen LogP contribution in [0.2, 0.25) is 0 Å². The van der Waals surface area contributed by atoms with Gasteiger partial charge in [0.05, 0.1) is 24.4 Å². The lowest BCUT2D eigenvalue weighted by molar-refractivity contribution is -0.147. The molecular formula is C25H35N3O2. The van der Waals surface area contributed by atoms with Crippen LogP contribution in [0.3, 0.4) is 0 Å². The van der Waals surface area contributed by atoms with Crippen LogP contribution in [0, 0.1) is 19.8 Å². The number of rotatable bonds is 7. The Labute approximate surface area is 180 Å². The van der Waals surface area contributed by atoms with Gasteiger partial charge >= 0.3 is 5.97 Å². The van der Waals surface area contributed by atoms with Crippen molar-refractivity contribution in [3.8, 4) is 0 Å². The van der Waals surface area contributed by atoms with Crippen molar-refractivity contribution in [2.24, 2.45) is 5.92 Å². The number of hydrogen-bond donors (Lipinski definition) is 0. The predicted molar refractivity (Wildman–Crippen MR) is 119 cm³/mol. The minimum atomic E-state index is -0.0668. The maximum Gasteiger partial charge on any atom is 0.308 e. The number of aromatic nitrogens is 2. The fourth-order valence-corrected chi connectivity index (χ4v) is 4.56. The molecule has 1 saturated carbocycles. The molecule has 0 radical (unpaired) electrons. The fourth-order valence-electron chi connectivity index (χ4n) is 4.56. The van der Waals surface area contributed by atoms with Gasteiger partial charge in [-0.2, -0.15) is 0 Å². The molecule has 2 aromatic heterocycles. The molecule has 1 aliphatic rings. The Morgan fingerprint density at radius 3 is 2.47 bits per heavy atom. The van der Waals surface area contributed by atoms with Crippen molar-refractivity contribution in [1.29, 1.82) is 0 Å². The number of methoxy groups -OCH3 is 1. The molecule has 0 bridgehead atoms. The van der Waals surface area contributed by atoms with E-state index in [1.54, 1.807) is 0 Å². The van der Waals surface area contributed by atoms with Gasteiger partial charge in [-0.05, 0) is 68.2 Å². The summed E-state index contributed by atoms with van der Waals surface area (Å²) < 4.78 is 4.97. The second kappa shape index (κ2) is 10.2. The van der Waals surface area contributed by atoms with E-state index in [2.05, 4.69) is 44.7 Å². The molecule has 0 N–H and O–H groups in total. The average molecular weight is 410 g/mol. The van der Waals surface area contributed by atoms with E-state index in [0.29, 0.717) is 12.0 Å². The Morgan fingerprint density at radius 1 is 1.13 bits per heavy atom. The molecule has 0 atom stereocenters. The first-order chi connectivity index (χ1) is 14.4. The van der Waals surface area contributed by atoms with E-state index < -0.39 is 0 Å². The standard InChI is InChI=1S/C25H35N3O2/c1-17(2)22-7-6-12-26-24(22)16-28(15-23-19(4)13-18(3)14-27-23)21-10-8-20(9-11-21)25(29)30-5/h6-7,12-14,17,20-21H,8-11,15-16H2,1-5H3/t20-,21-. The van der Waals surface area contributed by atoms with Crippen LogP contribution in [0.15, 0.2) is 30.6 Å². The Balaban J connectivity index is 1.83. The normalized spacial score (nSPS) is 19.3. The Morgan fingerprint density at radius 2 is 1.83 bits per heavy atom. The van der Waals surface area contributed by atoms with Gasteiger partial charge in [-0.1, -0.05) is 26.0 Å². The van der Waals surface area contributed by atoms with Gasteiger partial charge in [-0.15, -0.1) is 0 Å². The molecule has 0 unspecified atom stereocenters. The lowest BCUT2D eigenvalue weighted by Gasteiger charge is -2.36. The Bertz CT molecular complexity index is 857. The summed E-state index contributed by atoms with van der Waals surface area (Å²) in [7, 11) is 1.49. The quantitative estimate of drug-likeness (QED) is 0.606. The highest BCUT2D eigenvalue weighted by Crippen LogP contribution is 2.31. The zero-order valence-corrected chi connectivity index (χ0v) is 19.0. The minimum absolute atomic E-state index is 0.0356. The lowest BCUT2D eigenvalue weighted by atomic mass is 9.85. The monoisotopic (exact) mass is 409 g/mol. The summed E-state index contributed by atoms with van der Waals surface area (Å²) in [6, 6.07) is 6.83. The summed E-state index contributed by atoms with van der Waals surface area (Å²) >= 11 is 0. The number of carbonyl (C=O) groups excluding carboxylic acids is 1. The van der Waals surface area contributed by atoms with Gasteiger partial charge in [0.15, 0.2) is 0 Å². The van der Waals surface area contributed by atoms with Crippen molar-refractivity contribution >= 4 is 5.97 Å². The fraction of sp³-hybridized carbons (Fsp3) is 0.560. The Kier molecular flexibility index (Phi) is 7.59. The molecule has 0 aliphatic heterocycles. The summed E-state index contributed by atoms with van der Waals surface area (Å²) in [6.45, 7) is 10.3. The maximum absolute atomic E-state index is 12.0. The molecule has 0 spiro atoms. The van der Waals surface area contributed by atoms with E-state index in [9.17, 15) is 4.79 Å². The summed E-state index contributed by atoms with van der Waals surface area (Å²) in [5, 5.41) is 0. The Hall–Kier alpha value is -2.27. The van der Waals surface area contributed by atoms with Crippen LogP contribution >= 0.6 is 0 Å². The first-order valence-electron chi connectivity index (χ1n) is 11.1. The van der Waals surface area contributed by atoms with Crippen LogP contribution in [0.5, 0.6) is 0 Å². The van der Waals surface area contributed by atoms with Crippen molar-refractivity contribution in [2.45, 2.75) is 78.4 Å². The first-order valence-corrected chi connectivity index (χ1v) is 11.1. The van der Waals surface area contributed by atoms with Crippen LogP contribution in [-0.4, -0.2) is 34.0 Å². The van der Waals surface area contributed by atoms with Crippen LogP contribution in [0.25, 0.3) is 0 Å². The zero-order valence-electron chi connectivity index (χ0n) is 19.0. The first kappa shape index (κ1) is 22.4. The molecule has 2 aromatic rings. The highest BCUT2D eigenvalue weighted by atomic mass is 16.5. The number of pyridine rings is 2. The third-order valence-corrected chi connectivity index (χ3v) is 6.32. The number of carbonyl (C=O) groups is 1. The molecule has 30 heavy (non-hydrogen) atoms. The van der Waals surface area contributed by atoms with Crippen LogP contribution in [-0.2, 0) is 22.6 Å². The smallest absolute Gasteiger partial charge is 0.308 e. The zero-order chi connectivity index (χ0) is 21.7. The topological polar surface area (TPSA) is 55.3 Å². The largest absolute Gasteiger partial charge is 0.469 e. The van der Waals surface area contributed by atoms with Gasteiger partial charge < -0.3 is 4.74 Å². The molecule has 1 fully saturated rings. The predicted octanol–water partition coefficient (Wildman–Crippen LogP) is 4.95. The van der Waals surface area contributed by atoms with Crippen molar-refractivity contribution in [3.63, 3.8) is 0 Å². The average Bonchev–Trinajstić information content (AvgIpc) is 2.74. The minimum Gasteiger partial charge on any atom is -0.469 e. The van der Waals surface area contributed by atoms with Gasteiger partial charge in [-0.25, -0.2) is 0 Å². The van der Waals surface area contributed by atoms with Gasteiger partial charge in [0.25, 0.3) is 0 Å².